The predicted octanol–water partition coefficient (Wildman–Crippen LogP) is 3.17. The molecule has 2 fully saturated rings. The van der Waals surface area contributed by atoms with Crippen molar-refractivity contribution < 1.29 is 4.74 Å². The number of hydrogen-bond acceptors (Lipinski definition) is 3. The van der Waals surface area contributed by atoms with E-state index in [9.17, 15) is 0 Å². The van der Waals surface area contributed by atoms with Crippen LogP contribution >= 0.6 is 0 Å². The van der Waals surface area contributed by atoms with E-state index in [1.165, 1.54) is 24.1 Å². The smallest absolute Gasteiger partial charge is 0.191 e. The monoisotopic (exact) mass is 378 g/mol. The fourth-order valence-electron chi connectivity index (χ4n) is 4.14. The maximum absolute atomic E-state index is 5.52. The Bertz CT molecular complexity index is 816. The lowest BCUT2D eigenvalue weighted by atomic mass is 9.96. The van der Waals surface area contributed by atoms with Gasteiger partial charge in [0.1, 0.15) is 5.75 Å². The number of methoxy groups -OCH3 is 1. The molecule has 2 aromatic carbocycles. The molecule has 1 saturated carbocycles. The van der Waals surface area contributed by atoms with Gasteiger partial charge < -0.3 is 20.3 Å². The standard InChI is InChI=1S/C23H30N4O/c1-24-22(25-17-23(13-14-23)18-8-4-3-5-9-18)26-19-12-15-27(16-19)20-10-6-7-11-21(20)28-2/h3-11,19H,12-17H2,1-2H3,(H2,24,25,26). The third kappa shape index (κ3) is 3.93. The number of anilines is 1. The van der Waals surface area contributed by atoms with Gasteiger partial charge in [-0.1, -0.05) is 42.5 Å². The van der Waals surface area contributed by atoms with E-state index in [4.69, 9.17) is 4.74 Å². The van der Waals surface area contributed by atoms with E-state index in [1.807, 2.05) is 19.2 Å². The number of aliphatic imine (C=N–C) groups is 1. The Morgan fingerprint density at radius 1 is 1.14 bits per heavy atom. The average Bonchev–Trinajstić information content (AvgIpc) is 3.41. The molecule has 2 aliphatic rings. The van der Waals surface area contributed by atoms with Crippen molar-refractivity contribution in [1.82, 2.24) is 10.6 Å². The van der Waals surface area contributed by atoms with Crippen LogP contribution in [0.25, 0.3) is 0 Å². The van der Waals surface area contributed by atoms with E-state index >= 15 is 0 Å². The highest BCUT2D eigenvalue weighted by atomic mass is 16.5. The van der Waals surface area contributed by atoms with E-state index in [0.29, 0.717) is 6.04 Å². The van der Waals surface area contributed by atoms with Crippen LogP contribution < -0.4 is 20.3 Å². The quantitative estimate of drug-likeness (QED) is 0.599. The summed E-state index contributed by atoms with van der Waals surface area (Å²) in [6.45, 7) is 2.90. The second-order valence-electron chi connectivity index (χ2n) is 7.82. The van der Waals surface area contributed by atoms with Crippen molar-refractivity contribution in [2.24, 2.45) is 4.99 Å². The van der Waals surface area contributed by atoms with Gasteiger partial charge >= 0.3 is 0 Å². The van der Waals surface area contributed by atoms with E-state index in [-0.39, 0.29) is 5.41 Å². The minimum Gasteiger partial charge on any atom is -0.495 e. The Morgan fingerprint density at radius 3 is 2.61 bits per heavy atom. The van der Waals surface area contributed by atoms with Crippen LogP contribution in [0.3, 0.4) is 0 Å². The minimum atomic E-state index is 0.276. The van der Waals surface area contributed by atoms with Crippen molar-refractivity contribution in [2.75, 3.05) is 38.7 Å². The van der Waals surface area contributed by atoms with E-state index < -0.39 is 0 Å². The first-order valence-electron chi connectivity index (χ1n) is 10.1. The summed E-state index contributed by atoms with van der Waals surface area (Å²) >= 11 is 0. The Kier molecular flexibility index (Phi) is 5.42. The molecule has 0 spiro atoms. The third-order valence-corrected chi connectivity index (χ3v) is 6.01. The van der Waals surface area contributed by atoms with E-state index in [0.717, 1.165) is 37.8 Å². The van der Waals surface area contributed by atoms with Crippen LogP contribution in [0.15, 0.2) is 59.6 Å². The van der Waals surface area contributed by atoms with E-state index in [2.05, 4.69) is 63.0 Å². The first-order chi connectivity index (χ1) is 13.7. The average molecular weight is 379 g/mol. The Labute approximate surface area is 167 Å². The lowest BCUT2D eigenvalue weighted by molar-refractivity contribution is 0.415. The zero-order valence-electron chi connectivity index (χ0n) is 16.8. The molecule has 0 radical (unpaired) electrons. The highest BCUT2D eigenvalue weighted by molar-refractivity contribution is 5.80. The minimum absolute atomic E-state index is 0.276. The summed E-state index contributed by atoms with van der Waals surface area (Å²) in [5, 5.41) is 7.18. The maximum Gasteiger partial charge on any atom is 0.191 e. The van der Waals surface area contributed by atoms with Gasteiger partial charge in [-0.05, 0) is 37.0 Å². The molecule has 2 N–H and O–H groups in total. The van der Waals surface area contributed by atoms with Crippen LogP contribution in [0, 0.1) is 0 Å². The van der Waals surface area contributed by atoms with Crippen molar-refractivity contribution in [3.05, 3.63) is 60.2 Å². The van der Waals surface area contributed by atoms with Crippen LogP contribution in [-0.4, -0.2) is 45.8 Å². The Morgan fingerprint density at radius 2 is 1.89 bits per heavy atom. The van der Waals surface area contributed by atoms with Crippen molar-refractivity contribution in [3.63, 3.8) is 0 Å². The fourth-order valence-corrected chi connectivity index (χ4v) is 4.14. The summed E-state index contributed by atoms with van der Waals surface area (Å²) in [5.74, 6) is 1.83. The number of nitrogens with zero attached hydrogens (tertiary/aromatic N) is 2. The van der Waals surface area contributed by atoms with Crippen LogP contribution in [0.1, 0.15) is 24.8 Å². The van der Waals surface area contributed by atoms with Crippen molar-refractivity contribution in [2.45, 2.75) is 30.7 Å². The summed E-state index contributed by atoms with van der Waals surface area (Å²) < 4.78 is 5.52. The molecule has 5 nitrogen and oxygen atoms in total. The first-order valence-corrected chi connectivity index (χ1v) is 10.1. The second kappa shape index (κ2) is 8.13. The highest BCUT2D eigenvalue weighted by Crippen LogP contribution is 2.47. The van der Waals surface area contributed by atoms with E-state index in [1.54, 1.807) is 7.11 Å². The van der Waals surface area contributed by atoms with Gasteiger partial charge in [0.15, 0.2) is 5.96 Å². The number of guanidine groups is 1. The normalized spacial score (nSPS) is 20.7. The molecular formula is C23H30N4O. The van der Waals surface area contributed by atoms with Crippen LogP contribution in [0.4, 0.5) is 5.69 Å². The predicted molar refractivity (Wildman–Crippen MR) is 115 cm³/mol. The molecule has 0 aromatic heterocycles. The van der Waals surface area contributed by atoms with Gasteiger partial charge in [-0.3, -0.25) is 4.99 Å². The zero-order chi connectivity index (χ0) is 19.4. The van der Waals surface area contributed by atoms with Gasteiger partial charge in [0.25, 0.3) is 0 Å². The van der Waals surface area contributed by atoms with Gasteiger partial charge in [0.2, 0.25) is 0 Å². The molecule has 28 heavy (non-hydrogen) atoms. The lowest BCUT2D eigenvalue weighted by Gasteiger charge is -2.23. The number of hydrogen-bond donors (Lipinski definition) is 2. The number of nitrogens with one attached hydrogen (secondary N) is 2. The topological polar surface area (TPSA) is 48.9 Å². The van der Waals surface area contributed by atoms with Crippen molar-refractivity contribution >= 4 is 11.6 Å². The summed E-state index contributed by atoms with van der Waals surface area (Å²) in [4.78, 5) is 6.84. The summed E-state index contributed by atoms with van der Waals surface area (Å²) in [6.07, 6.45) is 3.57. The zero-order valence-corrected chi connectivity index (χ0v) is 16.8. The molecule has 5 heteroatoms. The van der Waals surface area contributed by atoms with Gasteiger partial charge in [-0.15, -0.1) is 0 Å². The fraction of sp³-hybridized carbons (Fsp3) is 0.435. The molecule has 1 saturated heterocycles. The summed E-state index contributed by atoms with van der Waals surface area (Å²) in [7, 11) is 3.58. The molecule has 1 atom stereocenters. The van der Waals surface area contributed by atoms with Gasteiger partial charge in [-0.25, -0.2) is 0 Å². The van der Waals surface area contributed by atoms with Crippen LogP contribution in [0.5, 0.6) is 5.75 Å². The number of para-hydroxylation sites is 2. The Balaban J connectivity index is 1.33. The van der Waals surface area contributed by atoms with Crippen molar-refractivity contribution in [1.29, 1.82) is 0 Å². The van der Waals surface area contributed by atoms with Gasteiger partial charge in [0, 0.05) is 38.1 Å². The van der Waals surface area contributed by atoms with Gasteiger partial charge in [0.05, 0.1) is 12.8 Å². The number of benzene rings is 2. The van der Waals surface area contributed by atoms with Gasteiger partial charge in [-0.2, -0.15) is 0 Å². The Hall–Kier alpha value is -2.69. The first kappa shape index (κ1) is 18.7. The summed E-state index contributed by atoms with van der Waals surface area (Å²) in [5.41, 5.74) is 2.87. The molecule has 1 aliphatic heterocycles. The molecule has 4 rings (SSSR count). The lowest BCUT2D eigenvalue weighted by Crippen LogP contribution is -2.46. The molecule has 0 amide bonds. The highest BCUT2D eigenvalue weighted by Gasteiger charge is 2.44. The molecule has 148 valence electrons. The largest absolute Gasteiger partial charge is 0.495 e. The molecular weight excluding hydrogens is 348 g/mol. The van der Waals surface area contributed by atoms with Crippen molar-refractivity contribution in [3.8, 4) is 5.75 Å². The molecule has 0 bridgehead atoms. The summed E-state index contributed by atoms with van der Waals surface area (Å²) in [6, 6.07) is 19.4. The second-order valence-corrected chi connectivity index (χ2v) is 7.82. The molecule has 1 aliphatic carbocycles. The number of rotatable bonds is 6. The SMILES string of the molecule is CN=C(NCC1(c2ccccc2)CC1)NC1CCN(c2ccccc2OC)C1. The third-order valence-electron chi connectivity index (χ3n) is 6.01. The van der Waals surface area contributed by atoms with Crippen LogP contribution in [-0.2, 0) is 5.41 Å². The molecule has 1 unspecified atom stereocenters. The molecule has 1 heterocycles. The maximum atomic E-state index is 5.52. The number of ether oxygens (including phenoxy) is 1. The molecule has 2 aromatic rings. The van der Waals surface area contributed by atoms with Crippen LogP contribution in [0.2, 0.25) is 0 Å².